The van der Waals surface area contributed by atoms with E-state index >= 15 is 0 Å². The van der Waals surface area contributed by atoms with Gasteiger partial charge in [-0.25, -0.2) is 0 Å². The third-order valence-corrected chi connectivity index (χ3v) is 3.76. The second-order valence-corrected chi connectivity index (χ2v) is 5.38. The number of hydrogen-bond acceptors (Lipinski definition) is 1. The number of aromatic amines is 1. The van der Waals surface area contributed by atoms with Gasteiger partial charge in [-0.2, -0.15) is 0 Å². The molecular weight excluding hydrogens is 220 g/mol. The second kappa shape index (κ2) is 6.05. The Kier molecular flexibility index (Phi) is 4.43. The lowest BCUT2D eigenvalue weighted by atomic mass is 9.89. The number of rotatable bonds is 6. The summed E-state index contributed by atoms with van der Waals surface area (Å²) in [6, 6.07) is 8.56. The summed E-state index contributed by atoms with van der Waals surface area (Å²) < 4.78 is 0. The van der Waals surface area contributed by atoms with Gasteiger partial charge in [0, 0.05) is 17.1 Å². The number of benzene rings is 1. The van der Waals surface area contributed by atoms with Crippen LogP contribution in [0.2, 0.25) is 0 Å². The van der Waals surface area contributed by atoms with Gasteiger partial charge in [0.15, 0.2) is 0 Å². The number of H-pyrrole nitrogens is 1. The highest BCUT2D eigenvalue weighted by atomic mass is 14.8. The number of fused-ring (bicyclic) bond motifs is 1. The molecule has 0 aliphatic rings. The summed E-state index contributed by atoms with van der Waals surface area (Å²) >= 11 is 0. The fourth-order valence-electron chi connectivity index (χ4n) is 2.46. The van der Waals surface area contributed by atoms with E-state index in [1.54, 1.807) is 0 Å². The van der Waals surface area contributed by atoms with Crippen LogP contribution in [0.3, 0.4) is 0 Å². The molecule has 0 saturated heterocycles. The van der Waals surface area contributed by atoms with Crippen molar-refractivity contribution in [1.29, 1.82) is 0 Å². The molecule has 2 heteroatoms. The van der Waals surface area contributed by atoms with Crippen LogP contribution in [0.4, 0.5) is 0 Å². The van der Waals surface area contributed by atoms with E-state index in [-0.39, 0.29) is 0 Å². The van der Waals surface area contributed by atoms with Gasteiger partial charge < -0.3 is 10.3 Å². The summed E-state index contributed by atoms with van der Waals surface area (Å²) in [5.74, 6) is 1.40. The number of hydrogen-bond donors (Lipinski definition) is 2. The van der Waals surface area contributed by atoms with Crippen LogP contribution in [0.5, 0.6) is 0 Å². The van der Waals surface area contributed by atoms with Gasteiger partial charge in [-0.15, -0.1) is 0 Å². The zero-order chi connectivity index (χ0) is 13.0. The highest BCUT2D eigenvalue weighted by Crippen LogP contribution is 2.23. The van der Waals surface area contributed by atoms with Gasteiger partial charge in [-0.05, 0) is 43.0 Å². The maximum Gasteiger partial charge on any atom is 0.0456 e. The van der Waals surface area contributed by atoms with Crippen LogP contribution in [0.1, 0.15) is 26.3 Å². The molecule has 0 spiro atoms. The third-order valence-electron chi connectivity index (χ3n) is 3.76. The monoisotopic (exact) mass is 244 g/mol. The summed E-state index contributed by atoms with van der Waals surface area (Å²) in [5.41, 5.74) is 2.70. The molecule has 1 heterocycles. The molecule has 0 fully saturated rings. The first-order valence-electron chi connectivity index (χ1n) is 6.98. The molecule has 1 atom stereocenters. The van der Waals surface area contributed by atoms with Crippen molar-refractivity contribution in [2.75, 3.05) is 13.1 Å². The van der Waals surface area contributed by atoms with Crippen molar-refractivity contribution >= 4 is 10.9 Å². The number of aromatic nitrogens is 1. The Morgan fingerprint density at radius 2 is 2.00 bits per heavy atom. The fourth-order valence-corrected chi connectivity index (χ4v) is 2.46. The fraction of sp³-hybridized carbons (Fsp3) is 0.500. The van der Waals surface area contributed by atoms with Gasteiger partial charge in [-0.1, -0.05) is 39.0 Å². The molecule has 0 radical (unpaired) electrons. The van der Waals surface area contributed by atoms with Crippen molar-refractivity contribution in [1.82, 2.24) is 10.3 Å². The van der Waals surface area contributed by atoms with E-state index in [1.165, 1.54) is 16.5 Å². The van der Waals surface area contributed by atoms with Gasteiger partial charge in [0.05, 0.1) is 0 Å². The van der Waals surface area contributed by atoms with Gasteiger partial charge in [0.2, 0.25) is 0 Å². The minimum absolute atomic E-state index is 0.698. The van der Waals surface area contributed by atoms with E-state index < -0.39 is 0 Å². The van der Waals surface area contributed by atoms with Gasteiger partial charge in [-0.3, -0.25) is 0 Å². The average molecular weight is 244 g/mol. The third kappa shape index (κ3) is 2.94. The zero-order valence-electron chi connectivity index (χ0n) is 11.7. The maximum atomic E-state index is 3.48. The van der Waals surface area contributed by atoms with E-state index in [0.29, 0.717) is 11.8 Å². The van der Waals surface area contributed by atoms with Crippen molar-refractivity contribution in [3.8, 4) is 0 Å². The van der Waals surface area contributed by atoms with Crippen LogP contribution in [-0.2, 0) is 6.42 Å². The lowest BCUT2D eigenvalue weighted by molar-refractivity contribution is 0.364. The SMILES string of the molecule is CCNCC(Cc1c[nH]c2ccccc12)C(C)C. The Morgan fingerprint density at radius 3 is 2.72 bits per heavy atom. The van der Waals surface area contributed by atoms with Crippen LogP contribution in [0, 0.1) is 11.8 Å². The van der Waals surface area contributed by atoms with E-state index in [4.69, 9.17) is 0 Å². The molecular formula is C16H24N2. The molecule has 0 bridgehead atoms. The lowest BCUT2D eigenvalue weighted by Gasteiger charge is -2.20. The maximum absolute atomic E-state index is 3.48. The lowest BCUT2D eigenvalue weighted by Crippen LogP contribution is -2.27. The molecule has 0 amide bonds. The minimum Gasteiger partial charge on any atom is -0.361 e. The van der Waals surface area contributed by atoms with Crippen molar-refractivity contribution in [3.63, 3.8) is 0 Å². The Morgan fingerprint density at radius 1 is 1.22 bits per heavy atom. The first kappa shape index (κ1) is 13.2. The summed E-state index contributed by atoms with van der Waals surface area (Å²) in [6.45, 7) is 8.96. The van der Waals surface area contributed by atoms with E-state index in [2.05, 4.69) is 61.5 Å². The van der Waals surface area contributed by atoms with Crippen LogP contribution in [0.25, 0.3) is 10.9 Å². The molecule has 98 valence electrons. The van der Waals surface area contributed by atoms with E-state index in [9.17, 15) is 0 Å². The minimum atomic E-state index is 0.698. The van der Waals surface area contributed by atoms with Gasteiger partial charge >= 0.3 is 0 Å². The highest BCUT2D eigenvalue weighted by molar-refractivity contribution is 5.83. The molecule has 0 aliphatic carbocycles. The standard InChI is InChI=1S/C16H24N2/c1-4-17-10-13(12(2)3)9-14-11-18-16-8-6-5-7-15(14)16/h5-8,11-13,17-18H,4,9-10H2,1-3H3. The second-order valence-electron chi connectivity index (χ2n) is 5.38. The predicted molar refractivity (Wildman–Crippen MR) is 78.9 cm³/mol. The Hall–Kier alpha value is -1.28. The van der Waals surface area contributed by atoms with Gasteiger partial charge in [0.1, 0.15) is 0 Å². The quantitative estimate of drug-likeness (QED) is 0.798. The first-order chi connectivity index (χ1) is 8.72. The number of para-hydroxylation sites is 1. The van der Waals surface area contributed by atoms with Crippen molar-refractivity contribution in [2.45, 2.75) is 27.2 Å². The molecule has 2 aromatic rings. The highest BCUT2D eigenvalue weighted by Gasteiger charge is 2.15. The van der Waals surface area contributed by atoms with Gasteiger partial charge in [0.25, 0.3) is 0 Å². The summed E-state index contributed by atoms with van der Waals surface area (Å²) in [4.78, 5) is 3.37. The molecule has 2 N–H and O–H groups in total. The van der Waals surface area contributed by atoms with Crippen molar-refractivity contribution in [3.05, 3.63) is 36.0 Å². The van der Waals surface area contributed by atoms with Crippen LogP contribution >= 0.6 is 0 Å². The summed E-state index contributed by atoms with van der Waals surface area (Å²) in [6.07, 6.45) is 3.32. The Bertz CT molecular complexity index is 485. The molecule has 18 heavy (non-hydrogen) atoms. The zero-order valence-corrected chi connectivity index (χ0v) is 11.7. The molecule has 1 unspecified atom stereocenters. The van der Waals surface area contributed by atoms with Crippen LogP contribution < -0.4 is 5.32 Å². The average Bonchev–Trinajstić information content (AvgIpc) is 2.77. The van der Waals surface area contributed by atoms with E-state index in [0.717, 1.165) is 19.5 Å². The Balaban J connectivity index is 2.15. The molecule has 2 nitrogen and oxygen atoms in total. The largest absolute Gasteiger partial charge is 0.361 e. The number of nitrogens with one attached hydrogen (secondary N) is 2. The van der Waals surface area contributed by atoms with Crippen molar-refractivity contribution in [2.24, 2.45) is 11.8 Å². The van der Waals surface area contributed by atoms with E-state index in [1.807, 2.05) is 0 Å². The van der Waals surface area contributed by atoms with Crippen LogP contribution in [-0.4, -0.2) is 18.1 Å². The molecule has 1 aromatic heterocycles. The van der Waals surface area contributed by atoms with Crippen molar-refractivity contribution < 1.29 is 0 Å². The molecule has 0 aliphatic heterocycles. The molecule has 1 aromatic carbocycles. The molecule has 0 saturated carbocycles. The topological polar surface area (TPSA) is 27.8 Å². The molecule has 2 rings (SSSR count). The normalized spacial score (nSPS) is 13.3. The summed E-state index contributed by atoms with van der Waals surface area (Å²) in [7, 11) is 0. The smallest absolute Gasteiger partial charge is 0.0456 e. The Labute approximate surface area is 110 Å². The predicted octanol–water partition coefficient (Wildman–Crippen LogP) is 3.59. The summed E-state index contributed by atoms with van der Waals surface area (Å²) in [5, 5.41) is 4.85. The van der Waals surface area contributed by atoms with Crippen LogP contribution in [0.15, 0.2) is 30.5 Å². The first-order valence-corrected chi connectivity index (χ1v) is 6.98.